The van der Waals surface area contributed by atoms with Crippen LogP contribution in [0.25, 0.3) is 0 Å². The number of nitrogens with two attached hydrogens (primary N) is 1. The molecule has 2 aromatic rings. The lowest BCUT2D eigenvalue weighted by Gasteiger charge is -2.18. The molecule has 0 amide bonds. The zero-order valence-corrected chi connectivity index (χ0v) is 13.1. The normalized spacial score (nSPS) is 11.4. The second-order valence-electron chi connectivity index (χ2n) is 5.73. The fourth-order valence-electron chi connectivity index (χ4n) is 1.69. The maximum atomic E-state index is 5.50. The highest BCUT2D eigenvalue weighted by atomic mass is 32.2. The summed E-state index contributed by atoms with van der Waals surface area (Å²) in [7, 11) is 0. The van der Waals surface area contributed by atoms with Crippen molar-refractivity contribution >= 4 is 17.6 Å². The van der Waals surface area contributed by atoms with Gasteiger partial charge in [0.25, 0.3) is 0 Å². The average Bonchev–Trinajstić information content (AvgIpc) is 2.37. The van der Waals surface area contributed by atoms with Crippen molar-refractivity contribution < 1.29 is 0 Å². The lowest BCUT2D eigenvalue weighted by atomic mass is 9.96. The van der Waals surface area contributed by atoms with Crippen molar-refractivity contribution in [3.8, 4) is 0 Å². The van der Waals surface area contributed by atoms with Crippen LogP contribution < -0.4 is 11.3 Å². The molecular weight excluding hydrogens is 268 g/mol. The van der Waals surface area contributed by atoms with Crippen LogP contribution in [0.1, 0.15) is 32.2 Å². The van der Waals surface area contributed by atoms with E-state index in [1.807, 2.05) is 12.1 Å². The Morgan fingerprint density at radius 1 is 1.15 bits per heavy atom. The van der Waals surface area contributed by atoms with Gasteiger partial charge >= 0.3 is 0 Å². The predicted molar refractivity (Wildman–Crippen MR) is 83.8 cm³/mol. The molecule has 0 unspecified atom stereocenters. The van der Waals surface area contributed by atoms with Crippen LogP contribution in [0.4, 0.5) is 5.82 Å². The fraction of sp³-hybridized carbons (Fsp3) is 0.333. The molecule has 1 aromatic heterocycles. The minimum absolute atomic E-state index is 0.116. The standard InChI is InChI=1S/C15H20N4S/c1-10-6-5-7-11(8-10)20-13-9-12(19-16)17-14(18-13)15(2,3)4/h5-9H,16H2,1-4H3,(H,17,18,19). The number of hydrogen-bond donors (Lipinski definition) is 2. The van der Waals surface area contributed by atoms with E-state index in [1.165, 1.54) is 5.56 Å². The number of anilines is 1. The Hall–Kier alpha value is -1.59. The van der Waals surface area contributed by atoms with Crippen molar-refractivity contribution in [2.24, 2.45) is 5.84 Å². The SMILES string of the molecule is Cc1cccc(Sc2cc(NN)nc(C(C)(C)C)n2)c1. The van der Waals surface area contributed by atoms with Gasteiger partial charge in [-0.15, -0.1) is 0 Å². The van der Waals surface area contributed by atoms with Gasteiger partial charge in [0.1, 0.15) is 16.7 Å². The molecule has 0 saturated heterocycles. The summed E-state index contributed by atoms with van der Waals surface area (Å²) < 4.78 is 0. The minimum atomic E-state index is -0.116. The second kappa shape index (κ2) is 5.81. The topological polar surface area (TPSA) is 63.8 Å². The summed E-state index contributed by atoms with van der Waals surface area (Å²) in [5, 5.41) is 0.892. The highest BCUT2D eigenvalue weighted by Crippen LogP contribution is 2.30. The quantitative estimate of drug-likeness (QED) is 0.514. The maximum Gasteiger partial charge on any atom is 0.144 e. The van der Waals surface area contributed by atoms with E-state index in [1.54, 1.807) is 11.8 Å². The molecule has 0 aliphatic heterocycles. The first-order chi connectivity index (χ1) is 9.38. The number of rotatable bonds is 3. The molecule has 20 heavy (non-hydrogen) atoms. The monoisotopic (exact) mass is 288 g/mol. The molecule has 2 rings (SSSR count). The van der Waals surface area contributed by atoms with Gasteiger partial charge in [-0.2, -0.15) is 0 Å². The zero-order valence-electron chi connectivity index (χ0n) is 12.3. The van der Waals surface area contributed by atoms with Gasteiger partial charge in [-0.3, -0.25) is 0 Å². The Morgan fingerprint density at radius 3 is 2.50 bits per heavy atom. The Balaban J connectivity index is 2.36. The van der Waals surface area contributed by atoms with Gasteiger partial charge in [0, 0.05) is 16.4 Å². The Kier molecular flexibility index (Phi) is 4.30. The van der Waals surface area contributed by atoms with Crippen molar-refractivity contribution in [1.82, 2.24) is 9.97 Å². The van der Waals surface area contributed by atoms with E-state index < -0.39 is 0 Å². The summed E-state index contributed by atoms with van der Waals surface area (Å²) in [4.78, 5) is 10.2. The van der Waals surface area contributed by atoms with Crippen LogP contribution in [-0.2, 0) is 5.41 Å². The van der Waals surface area contributed by atoms with E-state index in [9.17, 15) is 0 Å². The van der Waals surface area contributed by atoms with Crippen LogP contribution >= 0.6 is 11.8 Å². The van der Waals surface area contributed by atoms with Gasteiger partial charge in [-0.1, -0.05) is 50.2 Å². The lowest BCUT2D eigenvalue weighted by Crippen LogP contribution is -2.19. The van der Waals surface area contributed by atoms with Gasteiger partial charge in [0.05, 0.1) is 0 Å². The summed E-state index contributed by atoms with van der Waals surface area (Å²) in [5.74, 6) is 6.92. The highest BCUT2D eigenvalue weighted by molar-refractivity contribution is 7.99. The average molecular weight is 288 g/mol. The third-order valence-corrected chi connectivity index (χ3v) is 3.64. The number of hydrazine groups is 1. The van der Waals surface area contributed by atoms with Crippen molar-refractivity contribution in [3.05, 3.63) is 41.7 Å². The fourth-order valence-corrected chi connectivity index (χ4v) is 2.62. The van der Waals surface area contributed by atoms with Gasteiger partial charge in [0.2, 0.25) is 0 Å². The number of aryl methyl sites for hydroxylation is 1. The van der Waals surface area contributed by atoms with Gasteiger partial charge in [-0.05, 0) is 19.1 Å². The van der Waals surface area contributed by atoms with Gasteiger partial charge in [0.15, 0.2) is 0 Å². The van der Waals surface area contributed by atoms with E-state index in [2.05, 4.69) is 61.3 Å². The molecule has 4 nitrogen and oxygen atoms in total. The molecule has 0 atom stereocenters. The molecule has 106 valence electrons. The van der Waals surface area contributed by atoms with E-state index in [4.69, 9.17) is 5.84 Å². The molecule has 0 fully saturated rings. The van der Waals surface area contributed by atoms with Crippen LogP contribution in [0.3, 0.4) is 0 Å². The van der Waals surface area contributed by atoms with Crippen molar-refractivity contribution in [2.45, 2.75) is 43.0 Å². The molecular formula is C15H20N4S. The molecule has 0 bridgehead atoms. The van der Waals surface area contributed by atoms with Crippen molar-refractivity contribution in [2.75, 3.05) is 5.43 Å². The molecule has 3 N–H and O–H groups in total. The number of nitrogens with one attached hydrogen (secondary N) is 1. The van der Waals surface area contributed by atoms with E-state index in [0.29, 0.717) is 5.82 Å². The number of hydrogen-bond acceptors (Lipinski definition) is 5. The van der Waals surface area contributed by atoms with Gasteiger partial charge in [-0.25, -0.2) is 15.8 Å². The molecule has 0 spiro atoms. The number of benzene rings is 1. The van der Waals surface area contributed by atoms with Crippen molar-refractivity contribution in [1.29, 1.82) is 0 Å². The molecule has 0 saturated carbocycles. The van der Waals surface area contributed by atoms with Crippen LogP contribution in [0.5, 0.6) is 0 Å². The summed E-state index contributed by atoms with van der Waals surface area (Å²) in [5.41, 5.74) is 3.73. The predicted octanol–water partition coefficient (Wildman–Crippen LogP) is 3.52. The molecule has 0 aliphatic carbocycles. The van der Waals surface area contributed by atoms with E-state index >= 15 is 0 Å². The zero-order chi connectivity index (χ0) is 14.8. The Morgan fingerprint density at radius 2 is 1.90 bits per heavy atom. The summed E-state index contributed by atoms with van der Waals surface area (Å²) in [6, 6.07) is 10.2. The van der Waals surface area contributed by atoms with E-state index in [0.717, 1.165) is 15.7 Å². The van der Waals surface area contributed by atoms with Crippen molar-refractivity contribution in [3.63, 3.8) is 0 Å². The first-order valence-corrected chi connectivity index (χ1v) is 7.31. The highest BCUT2D eigenvalue weighted by Gasteiger charge is 2.19. The van der Waals surface area contributed by atoms with Gasteiger partial charge < -0.3 is 5.43 Å². The lowest BCUT2D eigenvalue weighted by molar-refractivity contribution is 0.539. The third-order valence-electron chi connectivity index (χ3n) is 2.73. The molecule has 0 aliphatic rings. The molecule has 1 aromatic carbocycles. The number of aromatic nitrogens is 2. The summed E-state index contributed by atoms with van der Waals surface area (Å²) in [6.45, 7) is 8.34. The van der Waals surface area contributed by atoms with Crippen LogP contribution in [-0.4, -0.2) is 9.97 Å². The Bertz CT molecular complexity index is 605. The Labute approximate surface area is 124 Å². The van der Waals surface area contributed by atoms with Crippen LogP contribution in [0.15, 0.2) is 40.3 Å². The second-order valence-corrected chi connectivity index (χ2v) is 6.82. The minimum Gasteiger partial charge on any atom is -0.308 e. The first-order valence-electron chi connectivity index (χ1n) is 6.49. The third kappa shape index (κ3) is 3.71. The summed E-state index contributed by atoms with van der Waals surface area (Å²) >= 11 is 1.61. The first kappa shape index (κ1) is 14.8. The molecule has 0 radical (unpaired) electrons. The molecule has 1 heterocycles. The van der Waals surface area contributed by atoms with Crippen LogP contribution in [0.2, 0.25) is 0 Å². The smallest absolute Gasteiger partial charge is 0.144 e. The molecule has 5 heteroatoms. The number of nitrogens with zero attached hydrogens (tertiary/aromatic N) is 2. The summed E-state index contributed by atoms with van der Waals surface area (Å²) in [6.07, 6.45) is 0. The van der Waals surface area contributed by atoms with E-state index in [-0.39, 0.29) is 5.41 Å². The maximum absolute atomic E-state index is 5.50. The largest absolute Gasteiger partial charge is 0.308 e. The number of nitrogen functional groups attached to an aromatic ring is 1. The van der Waals surface area contributed by atoms with Crippen LogP contribution in [0, 0.1) is 6.92 Å².